The van der Waals surface area contributed by atoms with E-state index in [4.69, 9.17) is 4.74 Å². The molecule has 6 heteroatoms. The zero-order valence-corrected chi connectivity index (χ0v) is 9.32. The standard InChI is InChI=1S/C10H15N3O3/c1-11-6-7-12-8-4-3-5-9(16-2)10(8)13(14)15/h3-5,11-12H,6-7H2,1-2H3. The van der Waals surface area contributed by atoms with Crippen molar-refractivity contribution < 1.29 is 9.66 Å². The van der Waals surface area contributed by atoms with Gasteiger partial charge in [0.15, 0.2) is 5.75 Å². The van der Waals surface area contributed by atoms with Crippen LogP contribution in [0.2, 0.25) is 0 Å². The summed E-state index contributed by atoms with van der Waals surface area (Å²) in [5, 5.41) is 16.8. The maximum Gasteiger partial charge on any atom is 0.333 e. The average Bonchev–Trinajstić information content (AvgIpc) is 2.28. The zero-order valence-electron chi connectivity index (χ0n) is 9.32. The number of ether oxygens (including phenoxy) is 1. The first-order chi connectivity index (χ1) is 7.70. The Bertz CT molecular complexity index is 368. The Morgan fingerprint density at radius 3 is 2.75 bits per heavy atom. The number of benzene rings is 1. The molecule has 1 rings (SSSR count). The van der Waals surface area contributed by atoms with Crippen LogP contribution in [0.25, 0.3) is 0 Å². The van der Waals surface area contributed by atoms with E-state index in [-0.39, 0.29) is 11.4 Å². The van der Waals surface area contributed by atoms with E-state index in [1.807, 2.05) is 7.05 Å². The average molecular weight is 225 g/mol. The number of nitro groups is 1. The molecule has 16 heavy (non-hydrogen) atoms. The van der Waals surface area contributed by atoms with Crippen molar-refractivity contribution in [1.29, 1.82) is 0 Å². The van der Waals surface area contributed by atoms with Gasteiger partial charge in [0.05, 0.1) is 12.0 Å². The highest BCUT2D eigenvalue weighted by molar-refractivity contribution is 5.68. The molecule has 0 bridgehead atoms. The molecular weight excluding hydrogens is 210 g/mol. The smallest absolute Gasteiger partial charge is 0.333 e. The van der Waals surface area contributed by atoms with Crippen LogP contribution in [0.3, 0.4) is 0 Å². The summed E-state index contributed by atoms with van der Waals surface area (Å²) in [6.45, 7) is 1.35. The second-order valence-electron chi connectivity index (χ2n) is 3.14. The van der Waals surface area contributed by atoms with Crippen molar-refractivity contribution >= 4 is 11.4 Å². The monoisotopic (exact) mass is 225 g/mol. The van der Waals surface area contributed by atoms with Crippen LogP contribution in [0.5, 0.6) is 5.75 Å². The van der Waals surface area contributed by atoms with E-state index in [0.29, 0.717) is 12.2 Å². The lowest BCUT2D eigenvalue weighted by molar-refractivity contribution is -0.384. The minimum Gasteiger partial charge on any atom is -0.490 e. The van der Waals surface area contributed by atoms with Crippen LogP contribution in [0.15, 0.2) is 18.2 Å². The summed E-state index contributed by atoms with van der Waals surface area (Å²) in [4.78, 5) is 10.5. The molecule has 2 N–H and O–H groups in total. The van der Waals surface area contributed by atoms with E-state index in [9.17, 15) is 10.1 Å². The van der Waals surface area contributed by atoms with Gasteiger partial charge in [-0.2, -0.15) is 0 Å². The summed E-state index contributed by atoms with van der Waals surface area (Å²) in [6, 6.07) is 4.95. The van der Waals surface area contributed by atoms with Crippen LogP contribution in [-0.4, -0.2) is 32.2 Å². The number of likely N-dealkylation sites (N-methyl/N-ethyl adjacent to an activating group) is 1. The quantitative estimate of drug-likeness (QED) is 0.432. The van der Waals surface area contributed by atoms with Crippen LogP contribution in [0.1, 0.15) is 0 Å². The van der Waals surface area contributed by atoms with Gasteiger partial charge in [-0.1, -0.05) is 6.07 Å². The van der Waals surface area contributed by atoms with Gasteiger partial charge < -0.3 is 15.4 Å². The summed E-state index contributed by atoms with van der Waals surface area (Å²) in [5.41, 5.74) is 0.445. The second kappa shape index (κ2) is 5.92. The molecule has 0 aliphatic heterocycles. The SMILES string of the molecule is CNCCNc1cccc(OC)c1[N+](=O)[O-]. The van der Waals surface area contributed by atoms with Gasteiger partial charge in [0.2, 0.25) is 0 Å². The molecule has 6 nitrogen and oxygen atoms in total. The normalized spacial score (nSPS) is 9.88. The van der Waals surface area contributed by atoms with Crippen molar-refractivity contribution in [3.8, 4) is 5.75 Å². The number of para-hydroxylation sites is 1. The highest BCUT2D eigenvalue weighted by Gasteiger charge is 2.19. The highest BCUT2D eigenvalue weighted by Crippen LogP contribution is 2.34. The molecule has 1 aromatic rings. The van der Waals surface area contributed by atoms with Gasteiger partial charge in [-0.05, 0) is 19.2 Å². The van der Waals surface area contributed by atoms with Gasteiger partial charge in [0, 0.05) is 13.1 Å². The van der Waals surface area contributed by atoms with E-state index >= 15 is 0 Å². The lowest BCUT2D eigenvalue weighted by Crippen LogP contribution is -2.18. The largest absolute Gasteiger partial charge is 0.490 e. The first-order valence-corrected chi connectivity index (χ1v) is 4.90. The van der Waals surface area contributed by atoms with Crippen LogP contribution in [-0.2, 0) is 0 Å². The van der Waals surface area contributed by atoms with Gasteiger partial charge in [0.25, 0.3) is 0 Å². The van der Waals surface area contributed by atoms with Crippen LogP contribution in [0, 0.1) is 10.1 Å². The van der Waals surface area contributed by atoms with Gasteiger partial charge in [-0.3, -0.25) is 10.1 Å². The molecule has 0 unspecified atom stereocenters. The van der Waals surface area contributed by atoms with Crippen molar-refractivity contribution in [3.63, 3.8) is 0 Å². The molecule has 0 atom stereocenters. The third-order valence-electron chi connectivity index (χ3n) is 2.09. The Morgan fingerprint density at radius 1 is 1.44 bits per heavy atom. The van der Waals surface area contributed by atoms with Crippen molar-refractivity contribution in [1.82, 2.24) is 5.32 Å². The van der Waals surface area contributed by atoms with E-state index in [1.165, 1.54) is 7.11 Å². The molecule has 0 saturated carbocycles. The van der Waals surface area contributed by atoms with Crippen molar-refractivity contribution in [2.24, 2.45) is 0 Å². The molecule has 0 amide bonds. The molecule has 0 aliphatic rings. The Balaban J connectivity index is 2.93. The lowest BCUT2D eigenvalue weighted by atomic mass is 10.2. The van der Waals surface area contributed by atoms with Crippen LogP contribution >= 0.6 is 0 Å². The predicted octanol–water partition coefficient (Wildman–Crippen LogP) is 1.23. The minimum atomic E-state index is -0.444. The Hall–Kier alpha value is -1.82. The summed E-state index contributed by atoms with van der Waals surface area (Å²) < 4.78 is 4.96. The minimum absolute atomic E-state index is 0.0268. The summed E-state index contributed by atoms with van der Waals surface area (Å²) >= 11 is 0. The molecule has 0 heterocycles. The van der Waals surface area contributed by atoms with Crippen molar-refractivity contribution in [3.05, 3.63) is 28.3 Å². The summed E-state index contributed by atoms with van der Waals surface area (Å²) in [7, 11) is 3.24. The Labute approximate surface area is 93.8 Å². The maximum absolute atomic E-state index is 10.9. The van der Waals surface area contributed by atoms with E-state index in [0.717, 1.165) is 6.54 Å². The fourth-order valence-electron chi connectivity index (χ4n) is 1.34. The van der Waals surface area contributed by atoms with Gasteiger partial charge in [0.1, 0.15) is 5.69 Å². The number of rotatable bonds is 6. The maximum atomic E-state index is 10.9. The van der Waals surface area contributed by atoms with Crippen LogP contribution < -0.4 is 15.4 Å². The van der Waals surface area contributed by atoms with Gasteiger partial charge >= 0.3 is 5.69 Å². The molecular formula is C10H15N3O3. The van der Waals surface area contributed by atoms with E-state index in [1.54, 1.807) is 18.2 Å². The highest BCUT2D eigenvalue weighted by atomic mass is 16.6. The lowest BCUT2D eigenvalue weighted by Gasteiger charge is -2.08. The number of anilines is 1. The first kappa shape index (κ1) is 12.3. The molecule has 0 saturated heterocycles. The predicted molar refractivity (Wildman–Crippen MR) is 62.1 cm³/mol. The van der Waals surface area contributed by atoms with E-state index < -0.39 is 4.92 Å². The number of hydrogen-bond acceptors (Lipinski definition) is 5. The third-order valence-corrected chi connectivity index (χ3v) is 2.09. The number of hydrogen-bond donors (Lipinski definition) is 2. The molecule has 88 valence electrons. The molecule has 0 fully saturated rings. The third kappa shape index (κ3) is 2.83. The molecule has 0 radical (unpaired) electrons. The number of nitrogens with zero attached hydrogens (tertiary/aromatic N) is 1. The van der Waals surface area contributed by atoms with Gasteiger partial charge in [-0.25, -0.2) is 0 Å². The summed E-state index contributed by atoms with van der Waals surface area (Å²) in [6.07, 6.45) is 0. The zero-order chi connectivity index (χ0) is 12.0. The van der Waals surface area contributed by atoms with Gasteiger partial charge in [-0.15, -0.1) is 0 Å². The van der Waals surface area contributed by atoms with Crippen molar-refractivity contribution in [2.45, 2.75) is 0 Å². The molecule has 0 aromatic heterocycles. The fourth-order valence-corrected chi connectivity index (χ4v) is 1.34. The molecule has 1 aromatic carbocycles. The Kier molecular flexibility index (Phi) is 4.53. The van der Waals surface area contributed by atoms with Crippen molar-refractivity contribution in [2.75, 3.05) is 32.6 Å². The van der Waals surface area contributed by atoms with Crippen LogP contribution in [0.4, 0.5) is 11.4 Å². The first-order valence-electron chi connectivity index (χ1n) is 4.90. The summed E-state index contributed by atoms with van der Waals surface area (Å²) in [5.74, 6) is 0.263. The Morgan fingerprint density at radius 2 is 2.19 bits per heavy atom. The second-order valence-corrected chi connectivity index (χ2v) is 3.14. The molecule has 0 spiro atoms. The topological polar surface area (TPSA) is 76.4 Å². The fraction of sp³-hybridized carbons (Fsp3) is 0.400. The molecule has 0 aliphatic carbocycles. The number of methoxy groups -OCH3 is 1. The van der Waals surface area contributed by atoms with E-state index in [2.05, 4.69) is 10.6 Å². The number of nitrogens with one attached hydrogen (secondary N) is 2. The number of nitro benzene ring substituents is 1.